The van der Waals surface area contributed by atoms with Crippen LogP contribution in [0.4, 0.5) is 0 Å². The van der Waals surface area contributed by atoms with Crippen molar-refractivity contribution >= 4 is 11.9 Å². The van der Waals surface area contributed by atoms with Gasteiger partial charge in [0.25, 0.3) is 11.5 Å². The number of carbonyl (C=O) groups is 2. The van der Waals surface area contributed by atoms with Gasteiger partial charge in [0, 0.05) is 31.6 Å². The first kappa shape index (κ1) is 15.5. The molecule has 1 aromatic heterocycles. The molecule has 0 fully saturated rings. The zero-order chi connectivity index (χ0) is 15.9. The second-order valence-electron chi connectivity index (χ2n) is 4.61. The second kappa shape index (κ2) is 7.21. The van der Waals surface area contributed by atoms with Crippen LogP contribution >= 0.6 is 0 Å². The van der Waals surface area contributed by atoms with Crippen molar-refractivity contribution in [1.29, 1.82) is 0 Å². The SMILES string of the molecule is CC(=O)Oc1ccc(=O)n(CCNC(=O)c2ccccc2)c1. The van der Waals surface area contributed by atoms with E-state index >= 15 is 0 Å². The van der Waals surface area contributed by atoms with Gasteiger partial charge in [-0.2, -0.15) is 0 Å². The summed E-state index contributed by atoms with van der Waals surface area (Å²) in [6.45, 7) is 1.86. The number of aromatic nitrogens is 1. The van der Waals surface area contributed by atoms with Crippen molar-refractivity contribution in [3.8, 4) is 5.75 Å². The molecule has 0 unspecified atom stereocenters. The minimum absolute atomic E-state index is 0.204. The average Bonchev–Trinajstić information content (AvgIpc) is 2.50. The molecule has 0 saturated carbocycles. The number of nitrogens with zero attached hydrogens (tertiary/aromatic N) is 1. The molecule has 6 heteroatoms. The summed E-state index contributed by atoms with van der Waals surface area (Å²) in [6, 6.07) is 11.6. The molecule has 6 nitrogen and oxygen atoms in total. The van der Waals surface area contributed by atoms with Crippen LogP contribution in [0.25, 0.3) is 0 Å². The number of hydrogen-bond donors (Lipinski definition) is 1. The molecule has 1 amide bonds. The van der Waals surface area contributed by atoms with Gasteiger partial charge in [0.2, 0.25) is 0 Å². The van der Waals surface area contributed by atoms with Crippen LogP contribution in [-0.2, 0) is 11.3 Å². The van der Waals surface area contributed by atoms with Gasteiger partial charge in [0.1, 0.15) is 5.75 Å². The van der Waals surface area contributed by atoms with E-state index in [-0.39, 0.29) is 24.6 Å². The molecule has 0 aliphatic carbocycles. The molecule has 0 bridgehead atoms. The van der Waals surface area contributed by atoms with Crippen LogP contribution < -0.4 is 15.6 Å². The fourth-order valence-electron chi connectivity index (χ4n) is 1.89. The lowest BCUT2D eigenvalue weighted by Crippen LogP contribution is -2.30. The molecule has 0 saturated heterocycles. The van der Waals surface area contributed by atoms with Crippen LogP contribution in [-0.4, -0.2) is 23.0 Å². The van der Waals surface area contributed by atoms with Gasteiger partial charge in [0.15, 0.2) is 0 Å². The molecule has 2 aromatic rings. The van der Waals surface area contributed by atoms with Gasteiger partial charge in [-0.15, -0.1) is 0 Å². The Kier molecular flexibility index (Phi) is 5.08. The van der Waals surface area contributed by atoms with Gasteiger partial charge in [-0.25, -0.2) is 0 Å². The molecule has 2 rings (SSSR count). The quantitative estimate of drug-likeness (QED) is 0.842. The van der Waals surface area contributed by atoms with Gasteiger partial charge < -0.3 is 14.6 Å². The third kappa shape index (κ3) is 4.31. The van der Waals surface area contributed by atoms with Gasteiger partial charge in [-0.05, 0) is 18.2 Å². The molecule has 0 aliphatic heterocycles. The first-order chi connectivity index (χ1) is 10.6. The van der Waals surface area contributed by atoms with Crippen molar-refractivity contribution in [2.24, 2.45) is 0 Å². The average molecular weight is 300 g/mol. The molecule has 1 N–H and O–H groups in total. The maximum atomic E-state index is 11.9. The van der Waals surface area contributed by atoms with Crippen molar-refractivity contribution in [3.05, 3.63) is 64.6 Å². The number of nitrogens with one attached hydrogen (secondary N) is 1. The number of benzene rings is 1. The van der Waals surface area contributed by atoms with Crippen LogP contribution in [0.3, 0.4) is 0 Å². The Hall–Kier alpha value is -2.89. The number of esters is 1. The van der Waals surface area contributed by atoms with Crippen LogP contribution in [0, 0.1) is 0 Å². The standard InChI is InChI=1S/C16H16N2O4/c1-12(19)22-14-7-8-15(20)18(11-14)10-9-17-16(21)13-5-3-2-4-6-13/h2-8,11H,9-10H2,1H3,(H,17,21). The molecule has 0 aliphatic rings. The summed E-state index contributed by atoms with van der Waals surface area (Å²) in [7, 11) is 0. The Morgan fingerprint density at radius 2 is 1.86 bits per heavy atom. The molecule has 22 heavy (non-hydrogen) atoms. The lowest BCUT2D eigenvalue weighted by molar-refractivity contribution is -0.131. The fourth-order valence-corrected chi connectivity index (χ4v) is 1.89. The topological polar surface area (TPSA) is 77.4 Å². The van der Waals surface area contributed by atoms with Gasteiger partial charge in [0.05, 0.1) is 6.20 Å². The van der Waals surface area contributed by atoms with E-state index in [2.05, 4.69) is 5.32 Å². The van der Waals surface area contributed by atoms with E-state index in [9.17, 15) is 14.4 Å². The summed E-state index contributed by atoms with van der Waals surface area (Å²) in [6.07, 6.45) is 1.44. The minimum Gasteiger partial charge on any atom is -0.425 e. The third-order valence-electron chi connectivity index (χ3n) is 2.89. The zero-order valence-corrected chi connectivity index (χ0v) is 12.1. The zero-order valence-electron chi connectivity index (χ0n) is 12.1. The molecular weight excluding hydrogens is 284 g/mol. The Balaban J connectivity index is 1.95. The summed E-state index contributed by atoms with van der Waals surface area (Å²) < 4.78 is 6.30. The molecule has 0 radical (unpaired) electrons. The van der Waals surface area contributed by atoms with E-state index in [1.807, 2.05) is 6.07 Å². The smallest absolute Gasteiger partial charge is 0.308 e. The van der Waals surface area contributed by atoms with Crippen molar-refractivity contribution in [3.63, 3.8) is 0 Å². The second-order valence-corrected chi connectivity index (χ2v) is 4.61. The number of carbonyl (C=O) groups excluding carboxylic acids is 2. The monoisotopic (exact) mass is 300 g/mol. The Morgan fingerprint density at radius 3 is 2.55 bits per heavy atom. The number of amides is 1. The predicted molar refractivity (Wildman–Crippen MR) is 80.8 cm³/mol. The van der Waals surface area contributed by atoms with Crippen LogP contribution in [0.1, 0.15) is 17.3 Å². The highest BCUT2D eigenvalue weighted by Gasteiger charge is 2.05. The highest BCUT2D eigenvalue weighted by molar-refractivity contribution is 5.94. The van der Waals surface area contributed by atoms with Crippen molar-refractivity contribution in [2.45, 2.75) is 13.5 Å². The summed E-state index contributed by atoms with van der Waals surface area (Å²) in [5.41, 5.74) is 0.327. The molecular formula is C16H16N2O4. The number of ether oxygens (including phenoxy) is 1. The maximum absolute atomic E-state index is 11.9. The van der Waals surface area contributed by atoms with E-state index in [0.717, 1.165) is 0 Å². The highest BCUT2D eigenvalue weighted by Crippen LogP contribution is 2.06. The minimum atomic E-state index is -0.456. The van der Waals surface area contributed by atoms with E-state index < -0.39 is 5.97 Å². The summed E-state index contributed by atoms with van der Waals surface area (Å²) >= 11 is 0. The van der Waals surface area contributed by atoms with E-state index in [1.54, 1.807) is 24.3 Å². The first-order valence-corrected chi connectivity index (χ1v) is 6.78. The number of pyridine rings is 1. The van der Waals surface area contributed by atoms with Crippen molar-refractivity contribution in [1.82, 2.24) is 9.88 Å². The molecule has 114 valence electrons. The van der Waals surface area contributed by atoms with Crippen molar-refractivity contribution < 1.29 is 14.3 Å². The number of hydrogen-bond acceptors (Lipinski definition) is 4. The van der Waals surface area contributed by atoms with E-state index in [1.165, 1.54) is 29.8 Å². The first-order valence-electron chi connectivity index (χ1n) is 6.78. The Bertz CT molecular complexity index is 722. The van der Waals surface area contributed by atoms with E-state index in [4.69, 9.17) is 4.74 Å². The molecule has 0 spiro atoms. The van der Waals surface area contributed by atoms with Crippen LogP contribution in [0.5, 0.6) is 5.75 Å². The van der Waals surface area contributed by atoms with Gasteiger partial charge in [-0.1, -0.05) is 18.2 Å². The lowest BCUT2D eigenvalue weighted by atomic mass is 10.2. The molecule has 0 atom stereocenters. The van der Waals surface area contributed by atoms with Crippen LogP contribution in [0.15, 0.2) is 53.5 Å². The summed E-state index contributed by atoms with van der Waals surface area (Å²) in [5, 5.41) is 2.73. The van der Waals surface area contributed by atoms with Crippen LogP contribution in [0.2, 0.25) is 0 Å². The summed E-state index contributed by atoms with van der Waals surface area (Å²) in [4.78, 5) is 34.5. The Labute approximate surface area is 127 Å². The largest absolute Gasteiger partial charge is 0.425 e. The van der Waals surface area contributed by atoms with Crippen molar-refractivity contribution in [2.75, 3.05) is 6.54 Å². The third-order valence-corrected chi connectivity index (χ3v) is 2.89. The number of rotatable bonds is 5. The molecule has 1 aromatic carbocycles. The maximum Gasteiger partial charge on any atom is 0.308 e. The highest BCUT2D eigenvalue weighted by atomic mass is 16.5. The van der Waals surface area contributed by atoms with Gasteiger partial charge in [-0.3, -0.25) is 14.4 Å². The fraction of sp³-hybridized carbons (Fsp3) is 0.188. The van der Waals surface area contributed by atoms with Gasteiger partial charge >= 0.3 is 5.97 Å². The predicted octanol–water partition coefficient (Wildman–Crippen LogP) is 1.20. The molecule has 1 heterocycles. The van der Waals surface area contributed by atoms with E-state index in [0.29, 0.717) is 11.3 Å². The summed E-state index contributed by atoms with van der Waals surface area (Å²) in [5.74, 6) is -0.367. The Morgan fingerprint density at radius 1 is 1.14 bits per heavy atom. The lowest BCUT2D eigenvalue weighted by Gasteiger charge is -2.09. The normalized spacial score (nSPS) is 10.0.